The maximum atomic E-state index is 12.4. The summed E-state index contributed by atoms with van der Waals surface area (Å²) in [6, 6.07) is 14.9. The van der Waals surface area contributed by atoms with Crippen molar-refractivity contribution >= 4 is 12.1 Å². The number of fused-ring (bicyclic) bond motifs is 3. The lowest BCUT2D eigenvalue weighted by molar-refractivity contribution is -0.147. The summed E-state index contributed by atoms with van der Waals surface area (Å²) in [5.74, 6) is -1.25. The van der Waals surface area contributed by atoms with Crippen molar-refractivity contribution in [1.29, 1.82) is 0 Å². The number of carboxylic acids is 1. The Balaban J connectivity index is 1.68. The van der Waals surface area contributed by atoms with Gasteiger partial charge in [-0.25, -0.2) is 9.59 Å². The Labute approximate surface area is 170 Å². The first kappa shape index (κ1) is 20.9. The Morgan fingerprint density at radius 3 is 2.03 bits per heavy atom. The van der Waals surface area contributed by atoms with Crippen molar-refractivity contribution in [2.45, 2.75) is 51.4 Å². The lowest BCUT2D eigenvalue weighted by atomic mass is 9.98. The van der Waals surface area contributed by atoms with Crippen LogP contribution >= 0.6 is 0 Å². The number of carboxylic acid groups (broad SMARTS) is 1. The van der Waals surface area contributed by atoms with Gasteiger partial charge in [0.2, 0.25) is 0 Å². The van der Waals surface area contributed by atoms with Gasteiger partial charge in [0.1, 0.15) is 6.61 Å². The average Bonchev–Trinajstić information content (AvgIpc) is 2.96. The average molecular weight is 398 g/mol. The maximum absolute atomic E-state index is 12.4. The minimum absolute atomic E-state index is 0.0836. The van der Waals surface area contributed by atoms with Crippen LogP contribution < -0.4 is 5.32 Å². The highest BCUT2D eigenvalue weighted by atomic mass is 16.6. The molecule has 6 heteroatoms. The molecular formula is C23H27NO5. The molecule has 0 aliphatic heterocycles. The summed E-state index contributed by atoms with van der Waals surface area (Å²) in [5.41, 5.74) is 3.93. The molecular weight excluding hydrogens is 371 g/mol. The Hall–Kier alpha value is -2.86. The zero-order valence-corrected chi connectivity index (χ0v) is 17.1. The van der Waals surface area contributed by atoms with E-state index in [2.05, 4.69) is 17.4 Å². The maximum Gasteiger partial charge on any atom is 0.407 e. The van der Waals surface area contributed by atoms with Crippen LogP contribution in [-0.2, 0) is 14.3 Å². The Morgan fingerprint density at radius 2 is 1.55 bits per heavy atom. The van der Waals surface area contributed by atoms with Crippen LogP contribution in [0.4, 0.5) is 4.79 Å². The van der Waals surface area contributed by atoms with Crippen LogP contribution in [0.15, 0.2) is 48.5 Å². The minimum atomic E-state index is -1.20. The second-order valence-electron chi connectivity index (χ2n) is 8.22. The molecule has 1 aliphatic rings. The molecule has 1 aliphatic carbocycles. The summed E-state index contributed by atoms with van der Waals surface area (Å²) < 4.78 is 11.1. The topological polar surface area (TPSA) is 84.9 Å². The molecule has 2 N–H and O–H groups in total. The highest BCUT2D eigenvalue weighted by Crippen LogP contribution is 2.44. The van der Waals surface area contributed by atoms with Crippen LogP contribution in [0.5, 0.6) is 0 Å². The van der Waals surface area contributed by atoms with Gasteiger partial charge in [-0.05, 0) is 49.9 Å². The zero-order chi connectivity index (χ0) is 21.2. The zero-order valence-electron chi connectivity index (χ0n) is 17.1. The third-order valence-corrected chi connectivity index (χ3v) is 4.89. The van der Waals surface area contributed by atoms with E-state index in [4.69, 9.17) is 9.47 Å². The molecule has 2 atom stereocenters. The standard InChI is InChI=1S/C23H27NO5/c1-14(29-23(2,3)4)20(21(25)26)24-22(27)28-13-19-17-11-7-5-9-15(17)16-10-6-8-12-18(16)19/h5-12,14,19-20H,13H2,1-4H3,(H,24,27)(H,25,26)/t14-,20+/m1/s1/i24+1. The van der Waals surface area contributed by atoms with E-state index in [1.165, 1.54) is 0 Å². The van der Waals surface area contributed by atoms with Gasteiger partial charge in [0.05, 0.1) is 11.7 Å². The van der Waals surface area contributed by atoms with Gasteiger partial charge in [0.15, 0.2) is 6.04 Å². The van der Waals surface area contributed by atoms with E-state index in [1.54, 1.807) is 6.92 Å². The van der Waals surface area contributed by atoms with E-state index in [0.29, 0.717) is 0 Å². The van der Waals surface area contributed by atoms with E-state index in [0.717, 1.165) is 22.3 Å². The van der Waals surface area contributed by atoms with Crippen molar-refractivity contribution in [2.24, 2.45) is 0 Å². The van der Waals surface area contributed by atoms with Crippen LogP contribution in [0, 0.1) is 0 Å². The second kappa shape index (κ2) is 8.25. The largest absolute Gasteiger partial charge is 0.480 e. The molecule has 154 valence electrons. The summed E-state index contributed by atoms with van der Waals surface area (Å²) in [4.78, 5) is 24.0. The number of hydrogen-bond acceptors (Lipinski definition) is 4. The van der Waals surface area contributed by atoms with Crippen LogP contribution in [0.1, 0.15) is 44.7 Å². The van der Waals surface area contributed by atoms with Crippen LogP contribution in [0.25, 0.3) is 11.1 Å². The molecule has 0 saturated carbocycles. The number of benzene rings is 2. The van der Waals surface area contributed by atoms with Crippen LogP contribution in [-0.4, -0.2) is 41.5 Å². The normalized spacial score (nSPS) is 15.2. The van der Waals surface area contributed by atoms with Gasteiger partial charge in [-0.15, -0.1) is 0 Å². The molecule has 0 saturated heterocycles. The quantitative estimate of drug-likeness (QED) is 0.713. The molecule has 0 unspecified atom stereocenters. The second-order valence-corrected chi connectivity index (χ2v) is 8.22. The molecule has 0 fully saturated rings. The van der Waals surface area contributed by atoms with Gasteiger partial charge in [-0.1, -0.05) is 48.5 Å². The molecule has 2 aromatic carbocycles. The predicted octanol–water partition coefficient (Wildman–Crippen LogP) is 4.18. The van der Waals surface area contributed by atoms with E-state index in [9.17, 15) is 14.7 Å². The first-order valence-electron chi connectivity index (χ1n) is 9.69. The Kier molecular flexibility index (Phi) is 5.94. The summed E-state index contributed by atoms with van der Waals surface area (Å²) in [6.45, 7) is 7.23. The molecule has 3 rings (SSSR count). The number of carbonyl (C=O) groups is 2. The minimum Gasteiger partial charge on any atom is -0.480 e. The van der Waals surface area contributed by atoms with Crippen molar-refractivity contribution in [3.8, 4) is 11.1 Å². The van der Waals surface area contributed by atoms with E-state index in [1.807, 2.05) is 57.2 Å². The lowest BCUT2D eigenvalue weighted by Crippen LogP contribution is -2.50. The van der Waals surface area contributed by atoms with Gasteiger partial charge in [-0.2, -0.15) is 0 Å². The number of rotatable bonds is 6. The molecule has 1 amide bonds. The van der Waals surface area contributed by atoms with Gasteiger partial charge < -0.3 is 19.9 Å². The van der Waals surface area contributed by atoms with Gasteiger partial charge in [-0.3, -0.25) is 0 Å². The van der Waals surface area contributed by atoms with Gasteiger partial charge in [0.25, 0.3) is 0 Å². The third kappa shape index (κ3) is 4.77. The van der Waals surface area contributed by atoms with Crippen molar-refractivity contribution in [2.75, 3.05) is 6.61 Å². The number of aliphatic carboxylic acids is 1. The highest BCUT2D eigenvalue weighted by molar-refractivity contribution is 5.81. The van der Waals surface area contributed by atoms with Crippen molar-refractivity contribution in [1.82, 2.24) is 5.32 Å². The van der Waals surface area contributed by atoms with E-state index >= 15 is 0 Å². The number of amides is 1. The fourth-order valence-electron chi connectivity index (χ4n) is 3.77. The third-order valence-electron chi connectivity index (χ3n) is 4.89. The van der Waals surface area contributed by atoms with Crippen molar-refractivity contribution in [3.63, 3.8) is 0 Å². The SMILES string of the molecule is C[C@@H](OC(C)(C)C)[C@H]([15NH]C(=O)OCC1c2ccccc2-c2ccccc21)C(=O)O. The number of alkyl carbamates (subject to hydrolysis) is 1. The Bertz CT molecular complexity index is 857. The van der Waals surface area contributed by atoms with Gasteiger partial charge >= 0.3 is 12.1 Å². The predicted molar refractivity (Wildman–Crippen MR) is 110 cm³/mol. The summed E-state index contributed by atoms with van der Waals surface area (Å²) in [5, 5.41) is 11.9. The fourth-order valence-corrected chi connectivity index (χ4v) is 3.77. The first-order valence-corrected chi connectivity index (χ1v) is 9.69. The molecule has 0 radical (unpaired) electrons. The summed E-state index contributed by atoms with van der Waals surface area (Å²) >= 11 is 0. The fraction of sp³-hybridized carbons (Fsp3) is 0.391. The molecule has 0 heterocycles. The number of carbonyl (C=O) groups excluding carboxylic acids is 1. The molecule has 0 spiro atoms. The Morgan fingerprint density at radius 1 is 1.03 bits per heavy atom. The van der Waals surface area contributed by atoms with Crippen molar-refractivity contribution in [3.05, 3.63) is 59.7 Å². The smallest absolute Gasteiger partial charge is 0.407 e. The molecule has 29 heavy (non-hydrogen) atoms. The van der Waals surface area contributed by atoms with Crippen LogP contribution in [0.2, 0.25) is 0 Å². The summed E-state index contributed by atoms with van der Waals surface area (Å²) in [6.07, 6.45) is -1.49. The lowest BCUT2D eigenvalue weighted by Gasteiger charge is -2.29. The molecule has 0 bridgehead atoms. The number of ether oxygens (including phenoxy) is 2. The summed E-state index contributed by atoms with van der Waals surface area (Å²) in [7, 11) is 0. The number of nitrogens with one attached hydrogen (secondary N) is 1. The highest BCUT2D eigenvalue weighted by Gasteiger charge is 2.32. The first-order chi connectivity index (χ1) is 13.7. The van der Waals surface area contributed by atoms with Gasteiger partial charge in [0, 0.05) is 5.92 Å². The monoisotopic (exact) mass is 398 g/mol. The molecule has 2 aromatic rings. The van der Waals surface area contributed by atoms with Crippen molar-refractivity contribution < 1.29 is 24.2 Å². The molecule has 6 nitrogen and oxygen atoms in total. The van der Waals surface area contributed by atoms with E-state index < -0.39 is 29.8 Å². The number of hydrogen-bond donors (Lipinski definition) is 2. The van der Waals surface area contributed by atoms with Crippen LogP contribution in [0.3, 0.4) is 0 Å². The molecule has 0 aromatic heterocycles. The van der Waals surface area contributed by atoms with E-state index in [-0.39, 0.29) is 12.5 Å².